The van der Waals surface area contributed by atoms with Gasteiger partial charge in [-0.1, -0.05) is 81.0 Å². The molecule has 1 aromatic heterocycles. The Kier molecular flexibility index (Phi) is 8.44. The van der Waals surface area contributed by atoms with Gasteiger partial charge in [-0.05, 0) is 49.5 Å². The van der Waals surface area contributed by atoms with E-state index in [-0.39, 0.29) is 12.2 Å². The minimum absolute atomic E-state index is 0.190. The van der Waals surface area contributed by atoms with Crippen molar-refractivity contribution in [3.63, 3.8) is 0 Å². The van der Waals surface area contributed by atoms with Crippen molar-refractivity contribution >= 4 is 23.4 Å². The third-order valence-electron chi connectivity index (χ3n) is 6.32. The molecule has 3 aromatic rings. The maximum absolute atomic E-state index is 13.9. The van der Waals surface area contributed by atoms with E-state index in [4.69, 9.17) is 14.5 Å². The number of esters is 1. The maximum Gasteiger partial charge on any atom is 0.338 e. The molecule has 2 heterocycles. The van der Waals surface area contributed by atoms with E-state index in [1.165, 1.54) is 16.9 Å². The lowest BCUT2D eigenvalue weighted by Crippen LogP contribution is -2.40. The first kappa shape index (κ1) is 26.6. The van der Waals surface area contributed by atoms with Crippen LogP contribution in [0.25, 0.3) is 6.08 Å². The average Bonchev–Trinajstić information content (AvgIpc) is 3.19. The van der Waals surface area contributed by atoms with Crippen LogP contribution in [0.2, 0.25) is 0 Å². The summed E-state index contributed by atoms with van der Waals surface area (Å²) in [6.07, 6.45) is 3.28. The molecule has 7 heteroatoms. The van der Waals surface area contributed by atoms with Crippen molar-refractivity contribution in [1.82, 2.24) is 4.57 Å². The molecule has 0 radical (unpaired) electrons. The molecule has 0 bridgehead atoms. The maximum atomic E-state index is 13.9. The Hall–Kier alpha value is -3.45. The Morgan fingerprint density at radius 3 is 2.46 bits per heavy atom. The quantitative estimate of drug-likeness (QED) is 0.370. The van der Waals surface area contributed by atoms with Crippen LogP contribution in [0.5, 0.6) is 5.75 Å². The third-order valence-corrected chi connectivity index (χ3v) is 7.30. The highest BCUT2D eigenvalue weighted by atomic mass is 32.1. The van der Waals surface area contributed by atoms with Crippen molar-refractivity contribution in [2.24, 2.45) is 4.99 Å². The Morgan fingerprint density at radius 1 is 1.08 bits per heavy atom. The number of benzene rings is 2. The first-order valence-electron chi connectivity index (χ1n) is 12.9. The normalized spacial score (nSPS) is 15.5. The van der Waals surface area contributed by atoms with E-state index in [2.05, 4.69) is 32.9 Å². The van der Waals surface area contributed by atoms with Gasteiger partial charge in [-0.2, -0.15) is 0 Å². The number of nitrogens with zero attached hydrogens (tertiary/aromatic N) is 2. The van der Waals surface area contributed by atoms with Crippen LogP contribution in [0.4, 0.5) is 0 Å². The Balaban J connectivity index is 1.97. The lowest BCUT2D eigenvalue weighted by molar-refractivity contribution is -0.139. The summed E-state index contributed by atoms with van der Waals surface area (Å²) in [5.74, 6) is 0.663. The molecule has 37 heavy (non-hydrogen) atoms. The largest absolute Gasteiger partial charge is 0.493 e. The summed E-state index contributed by atoms with van der Waals surface area (Å²) in [6, 6.07) is 15.2. The second kappa shape index (κ2) is 11.7. The molecule has 4 rings (SSSR count). The third kappa shape index (κ3) is 5.47. The summed E-state index contributed by atoms with van der Waals surface area (Å²) in [7, 11) is 0. The lowest BCUT2D eigenvalue weighted by atomic mass is 9.92. The van der Waals surface area contributed by atoms with Crippen molar-refractivity contribution in [3.8, 4) is 5.75 Å². The van der Waals surface area contributed by atoms with E-state index < -0.39 is 12.0 Å². The van der Waals surface area contributed by atoms with E-state index in [0.29, 0.717) is 39.5 Å². The van der Waals surface area contributed by atoms with Crippen LogP contribution in [0.3, 0.4) is 0 Å². The lowest BCUT2D eigenvalue weighted by Gasteiger charge is -2.26. The summed E-state index contributed by atoms with van der Waals surface area (Å²) in [5, 5.41) is 0. The highest BCUT2D eigenvalue weighted by molar-refractivity contribution is 7.07. The van der Waals surface area contributed by atoms with Gasteiger partial charge >= 0.3 is 5.97 Å². The topological polar surface area (TPSA) is 69.9 Å². The predicted molar refractivity (Wildman–Crippen MR) is 148 cm³/mol. The molecule has 0 fully saturated rings. The second-order valence-corrected chi connectivity index (χ2v) is 10.2. The summed E-state index contributed by atoms with van der Waals surface area (Å²) < 4.78 is 13.4. The van der Waals surface area contributed by atoms with Crippen molar-refractivity contribution < 1.29 is 14.3 Å². The number of para-hydroxylation sites is 1. The van der Waals surface area contributed by atoms with Crippen LogP contribution in [-0.4, -0.2) is 23.8 Å². The fourth-order valence-corrected chi connectivity index (χ4v) is 5.54. The van der Waals surface area contributed by atoms with Gasteiger partial charge in [0.2, 0.25) is 0 Å². The molecule has 0 aliphatic carbocycles. The van der Waals surface area contributed by atoms with E-state index in [1.807, 2.05) is 49.4 Å². The summed E-state index contributed by atoms with van der Waals surface area (Å²) in [4.78, 5) is 32.6. The van der Waals surface area contributed by atoms with E-state index in [0.717, 1.165) is 23.3 Å². The zero-order valence-electron chi connectivity index (χ0n) is 22.1. The number of ether oxygens (including phenoxy) is 2. The van der Waals surface area contributed by atoms with E-state index in [9.17, 15) is 9.59 Å². The zero-order valence-corrected chi connectivity index (χ0v) is 22.9. The fraction of sp³-hybridized carbons (Fsp3) is 0.367. The summed E-state index contributed by atoms with van der Waals surface area (Å²) in [5.41, 5.74) is 3.81. The molecule has 1 atom stereocenters. The number of carbonyl (C=O) groups is 1. The number of rotatable bonds is 9. The number of aromatic nitrogens is 1. The van der Waals surface area contributed by atoms with Crippen LogP contribution in [0, 0.1) is 0 Å². The molecule has 0 spiro atoms. The molecule has 1 aliphatic rings. The molecule has 0 unspecified atom stereocenters. The SMILES string of the molecule is CCCC1=C(C(=O)OCC)[C@@H](c2ccc(C(C)C)cc2)n2c(s/c(=C\c3ccccc3OCC)c2=O)=N1. The van der Waals surface area contributed by atoms with Crippen LogP contribution in [0.15, 0.2) is 69.6 Å². The van der Waals surface area contributed by atoms with E-state index >= 15 is 0 Å². The number of hydrogen-bond donors (Lipinski definition) is 0. The summed E-state index contributed by atoms with van der Waals surface area (Å²) in [6.45, 7) is 10.8. The molecular weight excluding hydrogens is 484 g/mol. The molecule has 1 aliphatic heterocycles. The van der Waals surface area contributed by atoms with E-state index in [1.54, 1.807) is 11.5 Å². The average molecular weight is 519 g/mol. The number of hydrogen-bond acceptors (Lipinski definition) is 6. The fourth-order valence-electron chi connectivity index (χ4n) is 4.53. The highest BCUT2D eigenvalue weighted by Gasteiger charge is 2.34. The van der Waals surface area contributed by atoms with Crippen molar-refractivity contribution in [3.05, 3.63) is 96.2 Å². The minimum Gasteiger partial charge on any atom is -0.493 e. The molecule has 194 valence electrons. The first-order valence-corrected chi connectivity index (χ1v) is 13.7. The van der Waals surface area contributed by atoms with Gasteiger partial charge in [0.25, 0.3) is 5.56 Å². The Labute approximate surface area is 221 Å². The van der Waals surface area contributed by atoms with Crippen molar-refractivity contribution in [1.29, 1.82) is 0 Å². The Bertz CT molecular complexity index is 1480. The summed E-state index contributed by atoms with van der Waals surface area (Å²) >= 11 is 1.33. The van der Waals surface area contributed by atoms with Crippen molar-refractivity contribution in [2.45, 2.75) is 59.4 Å². The molecule has 0 N–H and O–H groups in total. The molecule has 2 aromatic carbocycles. The number of fused-ring (bicyclic) bond motifs is 1. The van der Waals surface area contributed by atoms with Gasteiger partial charge in [-0.3, -0.25) is 9.36 Å². The van der Waals surface area contributed by atoms with Gasteiger partial charge in [0.1, 0.15) is 5.75 Å². The zero-order chi connectivity index (χ0) is 26.5. The molecule has 0 amide bonds. The standard InChI is InChI=1S/C30H34N2O4S/c1-6-11-23-26(29(34)36-8-3)27(21-16-14-20(15-17-21)19(4)5)32-28(33)25(37-30(32)31-23)18-22-12-9-10-13-24(22)35-7-2/h9-10,12-19,27H,6-8,11H2,1-5H3/b25-18-/t27-/m1/s1. The number of allylic oxidation sites excluding steroid dienone is 1. The first-order chi connectivity index (χ1) is 17.9. The predicted octanol–water partition coefficient (Wildman–Crippen LogP) is 5.10. The molecule has 0 saturated carbocycles. The van der Waals surface area contributed by atoms with Gasteiger partial charge in [0, 0.05) is 5.56 Å². The number of thiazole rings is 1. The Morgan fingerprint density at radius 2 is 1.81 bits per heavy atom. The van der Waals surface area contributed by atoms with Gasteiger partial charge in [0.05, 0.1) is 35.1 Å². The molecule has 0 saturated heterocycles. The van der Waals surface area contributed by atoms with Crippen LogP contribution in [0.1, 0.15) is 76.1 Å². The molecule has 6 nitrogen and oxygen atoms in total. The highest BCUT2D eigenvalue weighted by Crippen LogP contribution is 2.33. The van der Waals surface area contributed by atoms with Gasteiger partial charge < -0.3 is 9.47 Å². The van der Waals surface area contributed by atoms with Crippen LogP contribution < -0.4 is 19.6 Å². The van der Waals surface area contributed by atoms with Crippen LogP contribution in [-0.2, 0) is 9.53 Å². The van der Waals surface area contributed by atoms with Gasteiger partial charge in [-0.15, -0.1) is 0 Å². The second-order valence-electron chi connectivity index (χ2n) is 9.21. The monoisotopic (exact) mass is 518 g/mol. The smallest absolute Gasteiger partial charge is 0.338 e. The molecular formula is C30H34N2O4S. The minimum atomic E-state index is -0.609. The van der Waals surface area contributed by atoms with Gasteiger partial charge in [-0.25, -0.2) is 9.79 Å². The van der Waals surface area contributed by atoms with Crippen LogP contribution >= 0.6 is 11.3 Å². The van der Waals surface area contributed by atoms with Gasteiger partial charge in [0.15, 0.2) is 4.80 Å². The van der Waals surface area contributed by atoms with Crippen molar-refractivity contribution in [2.75, 3.05) is 13.2 Å². The number of carbonyl (C=O) groups excluding carboxylic acids is 1.